The van der Waals surface area contributed by atoms with E-state index in [1.165, 1.54) is 7.11 Å². The van der Waals surface area contributed by atoms with Crippen molar-refractivity contribution in [2.24, 2.45) is 5.11 Å². The minimum Gasteiger partial charge on any atom is -0.383 e. The van der Waals surface area contributed by atoms with E-state index in [1.54, 1.807) is 43.6 Å². The van der Waals surface area contributed by atoms with Crippen molar-refractivity contribution in [1.29, 1.82) is 10.8 Å². The molecule has 1 atom stereocenters. The molecule has 4 rings (SSSR count). The zero-order chi connectivity index (χ0) is 29.0. The lowest BCUT2D eigenvalue weighted by Gasteiger charge is -2.16. The number of methoxy groups -OCH3 is 2. The number of amides is 1. The molecule has 0 aliphatic carbocycles. The van der Waals surface area contributed by atoms with Crippen molar-refractivity contribution in [3.05, 3.63) is 113 Å². The Balaban J connectivity index is 1.59. The van der Waals surface area contributed by atoms with Crippen molar-refractivity contribution in [1.82, 2.24) is 20.3 Å². The molecular weight excluding hydrogens is 520 g/mol. The fraction of sp³-hybridized carbons (Fsp3) is 0.167. The third-order valence-electron chi connectivity index (χ3n) is 5.88. The topological polar surface area (TPSA) is 158 Å². The van der Waals surface area contributed by atoms with E-state index in [2.05, 4.69) is 31.8 Å². The molecule has 2 aromatic carbocycles. The average Bonchev–Trinajstić information content (AvgIpc) is 3.00. The summed E-state index contributed by atoms with van der Waals surface area (Å²) in [6, 6.07) is 26.2. The number of aromatic nitrogens is 3. The number of ether oxygens (including phenoxy) is 2. The summed E-state index contributed by atoms with van der Waals surface area (Å²) in [4.78, 5) is 25.7. The van der Waals surface area contributed by atoms with Gasteiger partial charge in [-0.25, -0.2) is 15.5 Å². The molecule has 0 spiro atoms. The normalized spacial score (nSPS) is 11.8. The van der Waals surface area contributed by atoms with E-state index in [0.29, 0.717) is 23.4 Å². The first-order chi connectivity index (χ1) is 20.0. The summed E-state index contributed by atoms with van der Waals surface area (Å²) in [5, 5.41) is 18.7. The number of anilines is 1. The molecule has 206 valence electrons. The monoisotopic (exact) mass is 548 g/mol. The second-order valence-corrected chi connectivity index (χ2v) is 8.74. The molecular formula is C30H28N8O3. The Kier molecular flexibility index (Phi) is 9.92. The van der Waals surface area contributed by atoms with Gasteiger partial charge in [0.05, 0.1) is 41.0 Å². The largest absolute Gasteiger partial charge is 0.383 e. The van der Waals surface area contributed by atoms with Gasteiger partial charge in [0.2, 0.25) is 5.95 Å². The molecule has 0 radical (unpaired) electrons. The maximum absolute atomic E-state index is 12.2. The highest BCUT2D eigenvalue weighted by Crippen LogP contribution is 2.25. The van der Waals surface area contributed by atoms with E-state index >= 15 is 0 Å². The molecule has 0 fully saturated rings. The third-order valence-corrected chi connectivity index (χ3v) is 5.88. The lowest BCUT2D eigenvalue weighted by atomic mass is 10.1. The molecule has 2 heterocycles. The number of nitriles is 1. The number of rotatable bonds is 12. The van der Waals surface area contributed by atoms with Crippen LogP contribution < -0.4 is 10.6 Å². The highest BCUT2D eigenvalue weighted by Gasteiger charge is 2.16. The van der Waals surface area contributed by atoms with E-state index in [1.807, 2.05) is 48.5 Å². The Morgan fingerprint density at radius 2 is 1.85 bits per heavy atom. The Hall–Kier alpha value is -5.31. The molecule has 1 amide bonds. The van der Waals surface area contributed by atoms with Gasteiger partial charge in [-0.3, -0.25) is 15.1 Å². The van der Waals surface area contributed by atoms with Crippen molar-refractivity contribution in [3.8, 4) is 17.3 Å². The van der Waals surface area contributed by atoms with Crippen LogP contribution in [0.2, 0.25) is 0 Å². The standard InChI is InChI=1S/C30H28N8O3/c1-40-19-28(39)37-30-35-25(22-11-6-8-20(14-22)16-31)15-26(36-30)27(38-32)18-33-17-23-12-7-13-24(34-23)29(41-2)21-9-4-3-5-10-21/h3-15,18,29,32-33H,17,19H2,1-2H3,(H,35,36,37,39)/b27-18-,38-32?. The summed E-state index contributed by atoms with van der Waals surface area (Å²) in [5.41, 5.74) is 12.3. The number of nitrogens with zero attached hydrogens (tertiary/aromatic N) is 5. The summed E-state index contributed by atoms with van der Waals surface area (Å²) >= 11 is 0. The number of nitrogens with one attached hydrogen (secondary N) is 3. The van der Waals surface area contributed by atoms with E-state index < -0.39 is 5.91 Å². The zero-order valence-electron chi connectivity index (χ0n) is 22.5. The van der Waals surface area contributed by atoms with Crippen LogP contribution >= 0.6 is 0 Å². The molecule has 41 heavy (non-hydrogen) atoms. The van der Waals surface area contributed by atoms with Crippen LogP contribution in [0.25, 0.3) is 17.0 Å². The van der Waals surface area contributed by atoms with Crippen LogP contribution in [0, 0.1) is 16.9 Å². The number of carbonyl (C=O) groups excluding carboxylic acids is 1. The Morgan fingerprint density at radius 1 is 1.05 bits per heavy atom. The molecule has 11 heteroatoms. The van der Waals surface area contributed by atoms with Gasteiger partial charge in [-0.15, -0.1) is 0 Å². The first-order valence-corrected chi connectivity index (χ1v) is 12.6. The van der Waals surface area contributed by atoms with Gasteiger partial charge in [0.25, 0.3) is 5.91 Å². The van der Waals surface area contributed by atoms with Gasteiger partial charge in [-0.05, 0) is 35.9 Å². The molecule has 0 saturated heterocycles. The van der Waals surface area contributed by atoms with Crippen molar-refractivity contribution in [2.75, 3.05) is 26.1 Å². The van der Waals surface area contributed by atoms with Crippen LogP contribution in [0.5, 0.6) is 0 Å². The van der Waals surface area contributed by atoms with Gasteiger partial charge < -0.3 is 14.8 Å². The molecule has 2 aromatic heterocycles. The minimum absolute atomic E-state index is 0.0114. The van der Waals surface area contributed by atoms with Crippen molar-refractivity contribution in [3.63, 3.8) is 0 Å². The Morgan fingerprint density at radius 3 is 2.59 bits per heavy atom. The summed E-state index contributed by atoms with van der Waals surface area (Å²) in [6.45, 7) is 0.165. The molecule has 0 aliphatic rings. The molecule has 4 aromatic rings. The highest BCUT2D eigenvalue weighted by molar-refractivity contribution is 5.90. The second-order valence-electron chi connectivity index (χ2n) is 8.74. The quantitative estimate of drug-likeness (QED) is 0.212. The Bertz CT molecular complexity index is 1580. The SMILES string of the molecule is COCC(=O)Nc1nc(/C(=C/NCc2cccc(C(OC)c3ccccc3)n2)N=N)cc(-c2cccc(C#N)c2)n1. The van der Waals surface area contributed by atoms with Crippen LogP contribution in [0.1, 0.15) is 34.3 Å². The highest BCUT2D eigenvalue weighted by atomic mass is 16.5. The first-order valence-electron chi connectivity index (χ1n) is 12.6. The molecule has 0 bridgehead atoms. The maximum Gasteiger partial charge on any atom is 0.252 e. The fourth-order valence-electron chi connectivity index (χ4n) is 4.04. The van der Waals surface area contributed by atoms with Crippen LogP contribution in [0.15, 0.2) is 90.2 Å². The molecule has 1 unspecified atom stereocenters. The fourth-order valence-corrected chi connectivity index (χ4v) is 4.04. The van der Waals surface area contributed by atoms with Crippen molar-refractivity contribution < 1.29 is 14.3 Å². The van der Waals surface area contributed by atoms with Gasteiger partial charge in [-0.2, -0.15) is 10.4 Å². The molecule has 0 aliphatic heterocycles. The zero-order valence-corrected chi connectivity index (χ0v) is 22.5. The summed E-state index contributed by atoms with van der Waals surface area (Å²) in [5.74, 6) is -0.430. The van der Waals surface area contributed by atoms with E-state index in [4.69, 9.17) is 20.0 Å². The van der Waals surface area contributed by atoms with Gasteiger partial charge >= 0.3 is 0 Å². The lowest BCUT2D eigenvalue weighted by Crippen LogP contribution is -2.19. The number of hydrogen-bond acceptors (Lipinski definition) is 10. The molecule has 11 nitrogen and oxygen atoms in total. The van der Waals surface area contributed by atoms with Gasteiger partial charge in [0, 0.05) is 26.0 Å². The number of hydrogen-bond donors (Lipinski definition) is 3. The third kappa shape index (κ3) is 7.63. The second kappa shape index (κ2) is 14.2. The van der Waals surface area contributed by atoms with Gasteiger partial charge in [0.15, 0.2) is 0 Å². The minimum atomic E-state index is -0.441. The predicted octanol–water partition coefficient (Wildman–Crippen LogP) is 4.85. The van der Waals surface area contributed by atoms with Crippen LogP contribution in [0.4, 0.5) is 5.95 Å². The predicted molar refractivity (Wildman–Crippen MR) is 152 cm³/mol. The van der Waals surface area contributed by atoms with Crippen LogP contribution in [0.3, 0.4) is 0 Å². The summed E-state index contributed by atoms with van der Waals surface area (Å²) in [7, 11) is 3.05. The maximum atomic E-state index is 12.2. The van der Waals surface area contributed by atoms with E-state index in [-0.39, 0.29) is 30.1 Å². The number of carbonyl (C=O) groups is 1. The first kappa shape index (κ1) is 28.7. The van der Waals surface area contributed by atoms with Gasteiger partial charge in [0.1, 0.15) is 18.4 Å². The number of pyridine rings is 1. The van der Waals surface area contributed by atoms with E-state index in [0.717, 1.165) is 17.0 Å². The average molecular weight is 549 g/mol. The summed E-state index contributed by atoms with van der Waals surface area (Å²) in [6.07, 6.45) is 1.24. The van der Waals surface area contributed by atoms with Gasteiger partial charge in [-0.1, -0.05) is 48.5 Å². The van der Waals surface area contributed by atoms with Crippen LogP contribution in [-0.4, -0.2) is 41.7 Å². The Labute approximate surface area is 237 Å². The van der Waals surface area contributed by atoms with Crippen molar-refractivity contribution >= 4 is 17.6 Å². The lowest BCUT2D eigenvalue weighted by molar-refractivity contribution is -0.119. The molecule has 0 saturated carbocycles. The van der Waals surface area contributed by atoms with Crippen molar-refractivity contribution in [2.45, 2.75) is 12.6 Å². The molecule has 3 N–H and O–H groups in total. The van der Waals surface area contributed by atoms with E-state index in [9.17, 15) is 10.1 Å². The smallest absolute Gasteiger partial charge is 0.252 e. The summed E-state index contributed by atoms with van der Waals surface area (Å²) < 4.78 is 10.6. The number of benzene rings is 2. The van der Waals surface area contributed by atoms with Crippen LogP contribution in [-0.2, 0) is 20.8 Å².